The van der Waals surface area contributed by atoms with Gasteiger partial charge in [0.05, 0.1) is 18.5 Å². The maximum absolute atomic E-state index is 6.22. The molecule has 0 unspecified atom stereocenters. The van der Waals surface area contributed by atoms with Crippen LogP contribution in [0.1, 0.15) is 24.5 Å². The van der Waals surface area contributed by atoms with E-state index in [2.05, 4.69) is 10.4 Å². The van der Waals surface area contributed by atoms with Crippen LogP contribution in [0.4, 0.5) is 5.82 Å². The van der Waals surface area contributed by atoms with Gasteiger partial charge in [0.25, 0.3) is 0 Å². The summed E-state index contributed by atoms with van der Waals surface area (Å²) in [5.74, 6) is 1.87. The van der Waals surface area contributed by atoms with E-state index in [4.69, 9.17) is 15.5 Å². The number of methoxy groups -OCH3 is 1. The maximum Gasteiger partial charge on any atom is 0.158 e. The van der Waals surface area contributed by atoms with Gasteiger partial charge in [0.15, 0.2) is 5.65 Å². The fourth-order valence-electron chi connectivity index (χ4n) is 3.23. The molecule has 4 rings (SSSR count). The highest BCUT2D eigenvalue weighted by atomic mass is 16.5. The maximum atomic E-state index is 6.22. The van der Waals surface area contributed by atoms with Crippen molar-refractivity contribution < 1.29 is 4.74 Å². The third kappa shape index (κ3) is 2.69. The van der Waals surface area contributed by atoms with Gasteiger partial charge in [-0.05, 0) is 43.7 Å². The van der Waals surface area contributed by atoms with Gasteiger partial charge in [-0.2, -0.15) is 9.61 Å². The van der Waals surface area contributed by atoms with E-state index in [9.17, 15) is 0 Å². The smallest absolute Gasteiger partial charge is 0.158 e. The zero-order chi connectivity index (χ0) is 16.5. The molecular formula is C18H21N5O. The Morgan fingerprint density at radius 2 is 2.08 bits per heavy atom. The normalized spacial score (nSPS) is 18.0. The Balaban J connectivity index is 1.72. The molecule has 24 heavy (non-hydrogen) atoms. The second-order valence-corrected chi connectivity index (χ2v) is 6.18. The van der Waals surface area contributed by atoms with Crippen molar-refractivity contribution in [1.29, 1.82) is 0 Å². The van der Waals surface area contributed by atoms with E-state index >= 15 is 0 Å². The minimum atomic E-state index is 0.422. The van der Waals surface area contributed by atoms with Crippen LogP contribution in [0.3, 0.4) is 0 Å². The lowest BCUT2D eigenvalue weighted by atomic mass is 9.96. The summed E-state index contributed by atoms with van der Waals surface area (Å²) < 4.78 is 6.91. The standard InChI is InChI=1S/C18H21N5O/c1-24-14-6-4-12(5-7-14)16-10-18-21-15(9-17(19)23(18)22-16)13-3-2-8-20-11-13/h4-7,9-10,13,20H,2-3,8,11,19H2,1H3/t13-/m1/s1. The zero-order valence-corrected chi connectivity index (χ0v) is 13.7. The molecular weight excluding hydrogens is 302 g/mol. The van der Waals surface area contributed by atoms with Crippen molar-refractivity contribution in [2.45, 2.75) is 18.8 Å². The first-order valence-corrected chi connectivity index (χ1v) is 8.26. The lowest BCUT2D eigenvalue weighted by Crippen LogP contribution is -2.29. The molecule has 0 saturated carbocycles. The second kappa shape index (κ2) is 6.13. The van der Waals surface area contributed by atoms with Crippen LogP contribution >= 0.6 is 0 Å². The largest absolute Gasteiger partial charge is 0.497 e. The number of aromatic nitrogens is 3. The van der Waals surface area contributed by atoms with Crippen molar-refractivity contribution >= 4 is 11.5 Å². The van der Waals surface area contributed by atoms with Gasteiger partial charge < -0.3 is 15.8 Å². The van der Waals surface area contributed by atoms with E-state index in [0.29, 0.717) is 11.7 Å². The van der Waals surface area contributed by atoms with E-state index in [1.807, 2.05) is 36.4 Å². The van der Waals surface area contributed by atoms with E-state index in [0.717, 1.165) is 47.9 Å². The first-order valence-electron chi connectivity index (χ1n) is 8.26. The fourth-order valence-corrected chi connectivity index (χ4v) is 3.23. The summed E-state index contributed by atoms with van der Waals surface area (Å²) in [7, 11) is 1.66. The molecule has 0 amide bonds. The summed E-state index contributed by atoms with van der Waals surface area (Å²) >= 11 is 0. The quantitative estimate of drug-likeness (QED) is 0.774. The second-order valence-electron chi connectivity index (χ2n) is 6.18. The van der Waals surface area contributed by atoms with Crippen molar-refractivity contribution in [2.24, 2.45) is 0 Å². The van der Waals surface area contributed by atoms with Gasteiger partial charge >= 0.3 is 0 Å². The molecule has 0 bridgehead atoms. The van der Waals surface area contributed by atoms with Gasteiger partial charge in [0, 0.05) is 30.2 Å². The number of nitrogens with zero attached hydrogens (tertiary/aromatic N) is 3. The molecule has 2 aromatic heterocycles. The molecule has 1 atom stereocenters. The van der Waals surface area contributed by atoms with Gasteiger partial charge in [-0.15, -0.1) is 0 Å². The molecule has 3 N–H and O–H groups in total. The van der Waals surface area contributed by atoms with Crippen molar-refractivity contribution in [2.75, 3.05) is 25.9 Å². The number of nitrogens with one attached hydrogen (secondary N) is 1. The Bertz CT molecular complexity index is 850. The van der Waals surface area contributed by atoms with E-state index in [-0.39, 0.29) is 0 Å². The number of rotatable bonds is 3. The predicted molar refractivity (Wildman–Crippen MR) is 94.2 cm³/mol. The summed E-state index contributed by atoms with van der Waals surface area (Å²) in [6, 6.07) is 11.8. The lowest BCUT2D eigenvalue weighted by molar-refractivity contribution is 0.415. The van der Waals surface area contributed by atoms with Crippen LogP contribution in [-0.4, -0.2) is 34.8 Å². The predicted octanol–water partition coefficient (Wildman–Crippen LogP) is 2.45. The molecule has 1 aromatic carbocycles. The molecule has 6 nitrogen and oxygen atoms in total. The Kier molecular flexibility index (Phi) is 3.82. The molecule has 1 aliphatic rings. The van der Waals surface area contributed by atoms with Gasteiger partial charge in [0.1, 0.15) is 11.6 Å². The van der Waals surface area contributed by atoms with Crippen LogP contribution in [0.15, 0.2) is 36.4 Å². The third-order valence-electron chi connectivity index (χ3n) is 4.58. The molecule has 124 valence electrons. The van der Waals surface area contributed by atoms with E-state index in [1.165, 1.54) is 6.42 Å². The number of anilines is 1. The Morgan fingerprint density at radius 1 is 1.25 bits per heavy atom. The van der Waals surface area contributed by atoms with Gasteiger partial charge in [-0.1, -0.05) is 0 Å². The number of hydrogen-bond donors (Lipinski definition) is 2. The Labute approximate surface area is 140 Å². The number of ether oxygens (including phenoxy) is 1. The van der Waals surface area contributed by atoms with Crippen LogP contribution in [0.5, 0.6) is 5.75 Å². The van der Waals surface area contributed by atoms with Crippen molar-refractivity contribution in [3.63, 3.8) is 0 Å². The highest BCUT2D eigenvalue weighted by Gasteiger charge is 2.18. The first kappa shape index (κ1) is 15.0. The fraction of sp³-hybridized carbons (Fsp3) is 0.333. The van der Waals surface area contributed by atoms with Crippen LogP contribution in [0.2, 0.25) is 0 Å². The first-order chi connectivity index (χ1) is 11.7. The summed E-state index contributed by atoms with van der Waals surface area (Å²) in [5.41, 5.74) is 9.94. The number of benzene rings is 1. The minimum absolute atomic E-state index is 0.422. The number of nitrogens with two attached hydrogens (primary N) is 1. The molecule has 1 saturated heterocycles. The Hall–Kier alpha value is -2.60. The summed E-state index contributed by atoms with van der Waals surface area (Å²) in [6.45, 7) is 2.05. The third-order valence-corrected chi connectivity index (χ3v) is 4.58. The molecule has 1 fully saturated rings. The Morgan fingerprint density at radius 3 is 2.79 bits per heavy atom. The lowest BCUT2D eigenvalue weighted by Gasteiger charge is -2.22. The highest BCUT2D eigenvalue weighted by molar-refractivity contribution is 5.66. The summed E-state index contributed by atoms with van der Waals surface area (Å²) in [6.07, 6.45) is 2.32. The summed E-state index contributed by atoms with van der Waals surface area (Å²) in [5, 5.41) is 8.02. The monoisotopic (exact) mass is 323 g/mol. The average Bonchev–Trinajstić information content (AvgIpc) is 3.07. The van der Waals surface area contributed by atoms with E-state index < -0.39 is 0 Å². The van der Waals surface area contributed by atoms with Crippen molar-refractivity contribution in [1.82, 2.24) is 19.9 Å². The molecule has 1 aliphatic heterocycles. The number of fused-ring (bicyclic) bond motifs is 1. The van der Waals surface area contributed by atoms with Gasteiger partial charge in [0.2, 0.25) is 0 Å². The van der Waals surface area contributed by atoms with Gasteiger partial charge in [-0.3, -0.25) is 0 Å². The number of hydrogen-bond acceptors (Lipinski definition) is 5. The van der Waals surface area contributed by atoms with Crippen molar-refractivity contribution in [3.8, 4) is 17.0 Å². The number of nitrogen functional groups attached to an aromatic ring is 1. The van der Waals surface area contributed by atoms with Gasteiger partial charge in [-0.25, -0.2) is 4.98 Å². The van der Waals surface area contributed by atoms with Crippen LogP contribution in [-0.2, 0) is 0 Å². The molecule has 0 radical (unpaired) electrons. The molecule has 3 aromatic rings. The molecule has 0 aliphatic carbocycles. The highest BCUT2D eigenvalue weighted by Crippen LogP contribution is 2.27. The SMILES string of the molecule is COc1ccc(-c2cc3nc([C@@H]4CCCNC4)cc(N)n3n2)cc1. The van der Waals surface area contributed by atoms with E-state index in [1.54, 1.807) is 11.6 Å². The number of piperidine rings is 1. The average molecular weight is 323 g/mol. The molecule has 0 spiro atoms. The minimum Gasteiger partial charge on any atom is -0.497 e. The van der Waals surface area contributed by atoms with Crippen LogP contribution in [0, 0.1) is 0 Å². The van der Waals surface area contributed by atoms with Crippen LogP contribution < -0.4 is 15.8 Å². The molecule has 3 heterocycles. The summed E-state index contributed by atoms with van der Waals surface area (Å²) in [4.78, 5) is 4.80. The topological polar surface area (TPSA) is 77.5 Å². The van der Waals surface area contributed by atoms with Crippen molar-refractivity contribution in [3.05, 3.63) is 42.1 Å². The van der Waals surface area contributed by atoms with Crippen LogP contribution in [0.25, 0.3) is 16.9 Å². The zero-order valence-electron chi connectivity index (χ0n) is 13.7. The molecule has 6 heteroatoms.